The maximum Gasteiger partial charge on any atom is 0.0960 e. The molecule has 0 saturated heterocycles. The van der Waals surface area contributed by atoms with Gasteiger partial charge in [-0.2, -0.15) is 0 Å². The van der Waals surface area contributed by atoms with Crippen molar-refractivity contribution in [2.45, 2.75) is 44.6 Å². The van der Waals surface area contributed by atoms with Gasteiger partial charge in [0.1, 0.15) is 0 Å². The molecule has 1 aliphatic carbocycles. The van der Waals surface area contributed by atoms with Crippen molar-refractivity contribution in [3.8, 4) is 0 Å². The van der Waals surface area contributed by atoms with Gasteiger partial charge in [0, 0.05) is 10.3 Å². The van der Waals surface area contributed by atoms with Crippen molar-refractivity contribution in [3.05, 3.63) is 56.7 Å². The third kappa shape index (κ3) is 2.90. The Morgan fingerprint density at radius 1 is 1.29 bits per heavy atom. The molecule has 1 saturated carbocycles. The summed E-state index contributed by atoms with van der Waals surface area (Å²) in [4.78, 5) is 1.38. The molecule has 1 fully saturated rings. The number of nitrogens with one attached hydrogen (secondary N) is 1. The molecule has 3 heteroatoms. The number of thiophene rings is 1. The Morgan fingerprint density at radius 3 is 2.52 bits per heavy atom. The fourth-order valence-electron chi connectivity index (χ4n) is 3.13. The van der Waals surface area contributed by atoms with Crippen LogP contribution in [0.25, 0.3) is 0 Å². The fraction of sp³-hybridized carbons (Fsp3) is 0.444. The van der Waals surface area contributed by atoms with E-state index in [4.69, 9.17) is 11.6 Å². The Balaban J connectivity index is 1.96. The van der Waals surface area contributed by atoms with E-state index >= 15 is 0 Å². The van der Waals surface area contributed by atoms with Crippen molar-refractivity contribution in [1.82, 2.24) is 5.32 Å². The Morgan fingerprint density at radius 2 is 2.00 bits per heavy atom. The van der Waals surface area contributed by atoms with Crippen LogP contribution in [-0.2, 0) is 5.41 Å². The zero-order chi connectivity index (χ0) is 14.9. The summed E-state index contributed by atoms with van der Waals surface area (Å²) in [6.45, 7) is 5.37. The maximum atomic E-state index is 6.31. The summed E-state index contributed by atoms with van der Waals surface area (Å²) in [7, 11) is 0. The monoisotopic (exact) mass is 319 g/mol. The number of aryl methyl sites for hydroxylation is 1. The highest BCUT2D eigenvalue weighted by Gasteiger charge is 2.51. The normalized spacial score (nSPS) is 17.7. The number of rotatable bonds is 6. The minimum Gasteiger partial charge on any atom is -0.309 e. The molecule has 0 spiro atoms. The molecule has 1 nitrogen and oxygen atoms in total. The van der Waals surface area contributed by atoms with E-state index in [-0.39, 0.29) is 5.41 Å². The standard InChI is InChI=1S/C18H22ClNS/c1-3-11-20-16(15-12-13(2)17(19)21-15)18(9-10-18)14-7-5-4-6-8-14/h4-8,12,16,20H,3,9-11H2,1-2H3. The SMILES string of the molecule is CCCNC(c1cc(C)c(Cl)s1)C1(c2ccccc2)CC1. The van der Waals surface area contributed by atoms with Crippen LogP contribution < -0.4 is 5.32 Å². The molecule has 112 valence electrons. The Bertz CT molecular complexity index is 581. The van der Waals surface area contributed by atoms with Crippen molar-refractivity contribution in [1.29, 1.82) is 0 Å². The average molecular weight is 320 g/mol. The molecule has 1 unspecified atom stereocenters. The predicted octanol–water partition coefficient (Wildman–Crippen LogP) is 5.48. The predicted molar refractivity (Wildman–Crippen MR) is 92.5 cm³/mol. The molecule has 0 amide bonds. The zero-order valence-electron chi connectivity index (χ0n) is 12.7. The zero-order valence-corrected chi connectivity index (χ0v) is 14.2. The van der Waals surface area contributed by atoms with E-state index in [0.717, 1.165) is 17.3 Å². The van der Waals surface area contributed by atoms with Crippen molar-refractivity contribution in [3.63, 3.8) is 0 Å². The molecule has 1 atom stereocenters. The first-order chi connectivity index (χ1) is 10.2. The largest absolute Gasteiger partial charge is 0.309 e. The van der Waals surface area contributed by atoms with Gasteiger partial charge in [-0.15, -0.1) is 11.3 Å². The van der Waals surface area contributed by atoms with Crippen LogP contribution in [0.3, 0.4) is 0 Å². The lowest BCUT2D eigenvalue weighted by Crippen LogP contribution is -2.32. The van der Waals surface area contributed by atoms with Gasteiger partial charge in [0.05, 0.1) is 10.4 Å². The van der Waals surface area contributed by atoms with Crippen LogP contribution in [0.15, 0.2) is 36.4 Å². The summed E-state index contributed by atoms with van der Waals surface area (Å²) < 4.78 is 0.928. The molecule has 21 heavy (non-hydrogen) atoms. The first-order valence-electron chi connectivity index (χ1n) is 7.72. The van der Waals surface area contributed by atoms with Crippen molar-refractivity contribution >= 4 is 22.9 Å². The van der Waals surface area contributed by atoms with Gasteiger partial charge >= 0.3 is 0 Å². The van der Waals surface area contributed by atoms with Crippen LogP contribution in [0.5, 0.6) is 0 Å². The Kier molecular flexibility index (Phi) is 4.39. The quantitative estimate of drug-likeness (QED) is 0.743. The van der Waals surface area contributed by atoms with Gasteiger partial charge in [0.15, 0.2) is 0 Å². The lowest BCUT2D eigenvalue weighted by molar-refractivity contribution is 0.435. The van der Waals surface area contributed by atoms with Crippen LogP contribution in [0, 0.1) is 6.92 Å². The Labute approximate surface area is 136 Å². The van der Waals surface area contributed by atoms with Gasteiger partial charge in [-0.1, -0.05) is 48.9 Å². The number of halogens is 1. The number of hydrogen-bond acceptors (Lipinski definition) is 2. The van der Waals surface area contributed by atoms with Crippen molar-refractivity contribution in [2.24, 2.45) is 0 Å². The highest BCUT2D eigenvalue weighted by molar-refractivity contribution is 7.16. The molecule has 1 aromatic carbocycles. The van der Waals surface area contributed by atoms with Crippen LogP contribution in [-0.4, -0.2) is 6.54 Å². The molecule has 1 heterocycles. The number of benzene rings is 1. The van der Waals surface area contributed by atoms with E-state index in [2.05, 4.69) is 55.6 Å². The van der Waals surface area contributed by atoms with E-state index in [9.17, 15) is 0 Å². The summed E-state index contributed by atoms with van der Waals surface area (Å²) >= 11 is 8.05. The summed E-state index contributed by atoms with van der Waals surface area (Å²) in [5.74, 6) is 0. The fourth-order valence-corrected chi connectivity index (χ4v) is 4.54. The van der Waals surface area contributed by atoms with Gasteiger partial charge in [-0.25, -0.2) is 0 Å². The molecule has 3 rings (SSSR count). The first kappa shape index (κ1) is 15.1. The molecule has 1 aromatic heterocycles. The van der Waals surface area contributed by atoms with Gasteiger partial charge in [-0.05, 0) is 49.9 Å². The second-order valence-corrected chi connectivity index (χ2v) is 7.70. The van der Waals surface area contributed by atoms with Crippen molar-refractivity contribution in [2.75, 3.05) is 6.54 Å². The van der Waals surface area contributed by atoms with Crippen LogP contribution in [0.2, 0.25) is 4.34 Å². The average Bonchev–Trinajstić information content (AvgIpc) is 3.23. The van der Waals surface area contributed by atoms with Crippen LogP contribution in [0.1, 0.15) is 48.2 Å². The van der Waals surface area contributed by atoms with Gasteiger partial charge in [0.2, 0.25) is 0 Å². The third-order valence-electron chi connectivity index (χ3n) is 4.45. The summed E-state index contributed by atoms with van der Waals surface area (Å²) in [5, 5.41) is 3.78. The third-order valence-corrected chi connectivity index (χ3v) is 6.07. The summed E-state index contributed by atoms with van der Waals surface area (Å²) in [6.07, 6.45) is 3.67. The topological polar surface area (TPSA) is 12.0 Å². The first-order valence-corrected chi connectivity index (χ1v) is 8.91. The van der Waals surface area contributed by atoms with Gasteiger partial charge in [-0.3, -0.25) is 0 Å². The molecule has 1 aliphatic rings. The van der Waals surface area contributed by atoms with Crippen LogP contribution in [0.4, 0.5) is 0 Å². The molecule has 0 bridgehead atoms. The highest BCUT2D eigenvalue weighted by atomic mass is 35.5. The number of hydrogen-bond donors (Lipinski definition) is 1. The second kappa shape index (κ2) is 6.12. The van der Waals surface area contributed by atoms with E-state index in [1.54, 1.807) is 11.3 Å². The maximum absolute atomic E-state index is 6.31. The molecule has 2 aromatic rings. The van der Waals surface area contributed by atoms with Crippen LogP contribution >= 0.6 is 22.9 Å². The van der Waals surface area contributed by atoms with Crippen molar-refractivity contribution < 1.29 is 0 Å². The molecular weight excluding hydrogens is 298 g/mol. The lowest BCUT2D eigenvalue weighted by Gasteiger charge is -2.28. The smallest absolute Gasteiger partial charge is 0.0960 e. The molecule has 0 aliphatic heterocycles. The summed E-state index contributed by atoms with van der Waals surface area (Å²) in [5.41, 5.74) is 2.92. The lowest BCUT2D eigenvalue weighted by atomic mass is 9.86. The minimum atomic E-state index is 0.261. The molecule has 1 N–H and O–H groups in total. The molecule has 0 radical (unpaired) electrons. The van der Waals surface area contributed by atoms with E-state index < -0.39 is 0 Å². The summed E-state index contributed by atoms with van der Waals surface area (Å²) in [6, 6.07) is 13.6. The molecular formula is C18H22ClNS. The van der Waals surface area contributed by atoms with E-state index in [0.29, 0.717) is 6.04 Å². The Hall–Kier alpha value is -0.830. The second-order valence-electron chi connectivity index (χ2n) is 6.01. The highest BCUT2D eigenvalue weighted by Crippen LogP contribution is 2.57. The van der Waals surface area contributed by atoms with E-state index in [1.165, 1.54) is 28.8 Å². The minimum absolute atomic E-state index is 0.261. The van der Waals surface area contributed by atoms with Gasteiger partial charge in [0.25, 0.3) is 0 Å². The van der Waals surface area contributed by atoms with Gasteiger partial charge < -0.3 is 5.32 Å². The van der Waals surface area contributed by atoms with E-state index in [1.807, 2.05) is 0 Å².